The molecule has 0 saturated carbocycles. The fourth-order valence-electron chi connectivity index (χ4n) is 2.64. The molecule has 1 atom stereocenters. The predicted octanol–water partition coefficient (Wildman–Crippen LogP) is 1.65. The number of fused-ring (bicyclic) bond motifs is 1. The first-order valence-electron chi connectivity index (χ1n) is 7.04. The Balaban J connectivity index is 1.57. The molecule has 0 radical (unpaired) electrons. The van der Waals surface area contributed by atoms with E-state index in [-0.39, 0.29) is 12.1 Å². The number of nitrogens with one attached hydrogen (secondary N) is 1. The maximum atomic E-state index is 12.2. The zero-order valence-corrected chi connectivity index (χ0v) is 11.7. The van der Waals surface area contributed by atoms with Gasteiger partial charge in [-0.15, -0.1) is 0 Å². The molecule has 1 saturated heterocycles. The van der Waals surface area contributed by atoms with E-state index < -0.39 is 0 Å². The van der Waals surface area contributed by atoms with Gasteiger partial charge in [0.15, 0.2) is 0 Å². The fourth-order valence-corrected chi connectivity index (χ4v) is 2.64. The average molecular weight is 276 g/mol. The molecule has 3 rings (SSSR count). The summed E-state index contributed by atoms with van der Waals surface area (Å²) in [5.74, 6) is 0. The van der Waals surface area contributed by atoms with Crippen molar-refractivity contribution in [2.24, 2.45) is 0 Å². The van der Waals surface area contributed by atoms with Crippen LogP contribution < -0.4 is 5.32 Å². The molecule has 5 nitrogen and oxygen atoms in total. The Morgan fingerprint density at radius 1 is 1.35 bits per heavy atom. The number of hydrogen-bond acceptors (Lipinski definition) is 3. The Kier molecular flexibility index (Phi) is 3.89. The lowest BCUT2D eigenvalue weighted by Crippen LogP contribution is -2.51. The molecule has 0 bridgehead atoms. The quantitative estimate of drug-likeness (QED) is 0.893. The van der Waals surface area contributed by atoms with Gasteiger partial charge in [-0.1, -0.05) is 18.2 Å². The monoisotopic (exact) mass is 276 g/mol. The number of carbonyl (C=O) groups excluding carboxylic acids is 1. The molecule has 2 aliphatic rings. The summed E-state index contributed by atoms with van der Waals surface area (Å²) in [5, 5.41) is 2.98. The van der Waals surface area contributed by atoms with E-state index in [9.17, 15) is 4.79 Å². The Morgan fingerprint density at radius 3 is 3.05 bits per heavy atom. The van der Waals surface area contributed by atoms with E-state index in [0.29, 0.717) is 39.5 Å². The van der Waals surface area contributed by atoms with Crippen LogP contribution in [0.2, 0.25) is 0 Å². The Labute approximate surface area is 118 Å². The number of rotatable bonds is 2. The molecule has 5 heteroatoms. The molecule has 1 N–H and O–H groups in total. The van der Waals surface area contributed by atoms with E-state index in [2.05, 4.69) is 23.5 Å². The number of benzene rings is 1. The number of hydrogen-bond donors (Lipinski definition) is 1. The van der Waals surface area contributed by atoms with Crippen molar-refractivity contribution >= 4 is 6.03 Å². The summed E-state index contributed by atoms with van der Waals surface area (Å²) in [7, 11) is 0. The standard InChI is InChI=1S/C15H20N2O3/c1-11-8-19-5-4-17(11)15(18)16-7-12-2-3-13-9-20-10-14(13)6-12/h2-3,6,11H,4-5,7-10H2,1H3,(H,16,18)/t11-/m0/s1. The number of carbonyl (C=O) groups is 1. The number of urea groups is 1. The lowest BCUT2D eigenvalue weighted by atomic mass is 10.1. The minimum absolute atomic E-state index is 0.0162. The lowest BCUT2D eigenvalue weighted by molar-refractivity contribution is 0.0190. The van der Waals surface area contributed by atoms with E-state index in [1.54, 1.807) is 0 Å². The van der Waals surface area contributed by atoms with Gasteiger partial charge in [-0.05, 0) is 23.6 Å². The minimum Gasteiger partial charge on any atom is -0.377 e. The molecular formula is C15H20N2O3. The molecule has 1 aromatic carbocycles. The van der Waals surface area contributed by atoms with Crippen LogP contribution in [0.4, 0.5) is 4.79 Å². The number of morpholine rings is 1. The third-order valence-electron chi connectivity index (χ3n) is 3.86. The van der Waals surface area contributed by atoms with Gasteiger partial charge in [0.25, 0.3) is 0 Å². The second-order valence-electron chi connectivity index (χ2n) is 5.37. The molecule has 1 aromatic rings. The Hall–Kier alpha value is -1.59. The normalized spacial score (nSPS) is 21.6. The summed E-state index contributed by atoms with van der Waals surface area (Å²) in [4.78, 5) is 14.0. The van der Waals surface area contributed by atoms with Gasteiger partial charge in [0.2, 0.25) is 0 Å². The van der Waals surface area contributed by atoms with E-state index in [1.165, 1.54) is 11.1 Å². The number of nitrogens with zero attached hydrogens (tertiary/aromatic N) is 1. The van der Waals surface area contributed by atoms with Crippen LogP contribution >= 0.6 is 0 Å². The molecular weight excluding hydrogens is 256 g/mol. The van der Waals surface area contributed by atoms with Crippen molar-refractivity contribution in [2.45, 2.75) is 32.7 Å². The fraction of sp³-hybridized carbons (Fsp3) is 0.533. The zero-order chi connectivity index (χ0) is 13.9. The van der Waals surface area contributed by atoms with Gasteiger partial charge in [0, 0.05) is 13.1 Å². The van der Waals surface area contributed by atoms with Crippen molar-refractivity contribution in [2.75, 3.05) is 19.8 Å². The van der Waals surface area contributed by atoms with Gasteiger partial charge >= 0.3 is 6.03 Å². The second-order valence-corrected chi connectivity index (χ2v) is 5.37. The van der Waals surface area contributed by atoms with Crippen LogP contribution in [0.1, 0.15) is 23.6 Å². The van der Waals surface area contributed by atoms with E-state index in [1.807, 2.05) is 11.8 Å². The summed E-state index contributed by atoms with van der Waals surface area (Å²) in [6, 6.07) is 6.37. The number of ether oxygens (including phenoxy) is 2. The molecule has 0 aromatic heterocycles. The Bertz CT molecular complexity index is 504. The van der Waals surface area contributed by atoms with Crippen molar-refractivity contribution in [1.82, 2.24) is 10.2 Å². The summed E-state index contributed by atoms with van der Waals surface area (Å²) < 4.78 is 10.7. The van der Waals surface area contributed by atoms with Crippen LogP contribution in [-0.2, 0) is 29.2 Å². The highest BCUT2D eigenvalue weighted by atomic mass is 16.5. The molecule has 1 fully saturated rings. The third-order valence-corrected chi connectivity index (χ3v) is 3.86. The summed E-state index contributed by atoms with van der Waals surface area (Å²) in [5.41, 5.74) is 3.60. The van der Waals surface area contributed by atoms with Crippen molar-refractivity contribution < 1.29 is 14.3 Å². The molecule has 0 unspecified atom stereocenters. The molecule has 0 spiro atoms. The Morgan fingerprint density at radius 2 is 2.20 bits per heavy atom. The van der Waals surface area contributed by atoms with Gasteiger partial charge in [-0.25, -0.2) is 4.79 Å². The number of amides is 2. The molecule has 2 aliphatic heterocycles. The highest BCUT2D eigenvalue weighted by molar-refractivity contribution is 5.74. The minimum atomic E-state index is -0.0162. The zero-order valence-electron chi connectivity index (χ0n) is 11.7. The van der Waals surface area contributed by atoms with Gasteiger partial charge in [0.1, 0.15) is 0 Å². The van der Waals surface area contributed by atoms with E-state index in [4.69, 9.17) is 9.47 Å². The van der Waals surface area contributed by atoms with Crippen LogP contribution in [0.5, 0.6) is 0 Å². The van der Waals surface area contributed by atoms with E-state index in [0.717, 1.165) is 5.56 Å². The van der Waals surface area contributed by atoms with Crippen LogP contribution in [-0.4, -0.2) is 36.7 Å². The van der Waals surface area contributed by atoms with Gasteiger partial charge in [0.05, 0.1) is 32.5 Å². The first kappa shape index (κ1) is 13.4. The SMILES string of the molecule is C[C@H]1COCCN1C(=O)NCc1ccc2c(c1)COC2. The van der Waals surface area contributed by atoms with E-state index >= 15 is 0 Å². The molecule has 108 valence electrons. The first-order chi connectivity index (χ1) is 9.74. The third kappa shape index (κ3) is 2.78. The predicted molar refractivity (Wildman–Crippen MR) is 74.2 cm³/mol. The largest absolute Gasteiger partial charge is 0.377 e. The maximum Gasteiger partial charge on any atom is 0.318 e. The topological polar surface area (TPSA) is 50.8 Å². The molecule has 20 heavy (non-hydrogen) atoms. The lowest BCUT2D eigenvalue weighted by Gasteiger charge is -2.33. The van der Waals surface area contributed by atoms with Gasteiger partial charge in [-0.3, -0.25) is 0 Å². The summed E-state index contributed by atoms with van der Waals surface area (Å²) in [6.45, 7) is 5.83. The molecule has 0 aliphatic carbocycles. The van der Waals surface area contributed by atoms with Crippen molar-refractivity contribution in [3.63, 3.8) is 0 Å². The molecule has 2 amide bonds. The van der Waals surface area contributed by atoms with Crippen LogP contribution in [0.25, 0.3) is 0 Å². The van der Waals surface area contributed by atoms with Gasteiger partial charge in [-0.2, -0.15) is 0 Å². The average Bonchev–Trinajstić information content (AvgIpc) is 2.92. The maximum absolute atomic E-state index is 12.2. The van der Waals surface area contributed by atoms with Crippen molar-refractivity contribution in [3.05, 3.63) is 34.9 Å². The second kappa shape index (κ2) is 5.81. The highest BCUT2D eigenvalue weighted by Crippen LogP contribution is 2.20. The first-order valence-corrected chi connectivity index (χ1v) is 7.04. The van der Waals surface area contributed by atoms with Crippen LogP contribution in [0.3, 0.4) is 0 Å². The van der Waals surface area contributed by atoms with Gasteiger partial charge < -0.3 is 19.7 Å². The highest BCUT2D eigenvalue weighted by Gasteiger charge is 2.23. The summed E-state index contributed by atoms with van der Waals surface area (Å²) >= 11 is 0. The van der Waals surface area contributed by atoms with Crippen molar-refractivity contribution in [3.8, 4) is 0 Å². The van der Waals surface area contributed by atoms with Crippen molar-refractivity contribution in [1.29, 1.82) is 0 Å². The summed E-state index contributed by atoms with van der Waals surface area (Å²) in [6.07, 6.45) is 0. The van der Waals surface area contributed by atoms with Crippen LogP contribution in [0, 0.1) is 0 Å². The smallest absolute Gasteiger partial charge is 0.318 e. The molecule has 2 heterocycles. The van der Waals surface area contributed by atoms with Crippen LogP contribution in [0.15, 0.2) is 18.2 Å².